The van der Waals surface area contributed by atoms with Crippen molar-refractivity contribution in [2.24, 2.45) is 4.99 Å². The summed E-state index contributed by atoms with van der Waals surface area (Å²) in [5.41, 5.74) is -0.172. The SMILES string of the molecule is CCNC(=NCC(O)CS(=O)(=O)c1cccs1)NC(C)(C)C.I. The Hall–Kier alpha value is -0.390. The van der Waals surface area contributed by atoms with E-state index in [4.69, 9.17) is 0 Å². The molecule has 134 valence electrons. The summed E-state index contributed by atoms with van der Waals surface area (Å²) in [5.74, 6) is 0.230. The molecule has 3 N–H and O–H groups in total. The van der Waals surface area contributed by atoms with Crippen molar-refractivity contribution in [3.8, 4) is 0 Å². The molecule has 1 aromatic rings. The van der Waals surface area contributed by atoms with Crippen molar-refractivity contribution in [3.63, 3.8) is 0 Å². The maximum Gasteiger partial charge on any atom is 0.191 e. The van der Waals surface area contributed by atoms with E-state index in [-0.39, 0.29) is 46.0 Å². The number of thiophene rings is 1. The first-order chi connectivity index (χ1) is 10.1. The van der Waals surface area contributed by atoms with Crippen LogP contribution in [0.15, 0.2) is 26.7 Å². The predicted octanol–water partition coefficient (Wildman–Crippen LogP) is 1.85. The van der Waals surface area contributed by atoms with Gasteiger partial charge >= 0.3 is 0 Å². The number of hydrogen-bond acceptors (Lipinski definition) is 5. The van der Waals surface area contributed by atoms with Crippen molar-refractivity contribution >= 4 is 51.1 Å². The zero-order valence-electron chi connectivity index (χ0n) is 13.9. The molecule has 23 heavy (non-hydrogen) atoms. The van der Waals surface area contributed by atoms with Crippen LogP contribution < -0.4 is 10.6 Å². The number of nitrogens with one attached hydrogen (secondary N) is 2. The van der Waals surface area contributed by atoms with Gasteiger partial charge in [0.05, 0.1) is 18.4 Å². The molecular weight excluding hydrogens is 449 g/mol. The summed E-state index contributed by atoms with van der Waals surface area (Å²) in [6.45, 7) is 8.64. The highest BCUT2D eigenvalue weighted by atomic mass is 127. The normalized spacial score (nSPS) is 14.0. The van der Waals surface area contributed by atoms with Crippen LogP contribution >= 0.6 is 35.3 Å². The summed E-state index contributed by atoms with van der Waals surface area (Å²) >= 11 is 1.15. The maximum atomic E-state index is 12.1. The van der Waals surface area contributed by atoms with Crippen LogP contribution in [0.4, 0.5) is 0 Å². The molecule has 1 aromatic heterocycles. The lowest BCUT2D eigenvalue weighted by molar-refractivity contribution is 0.206. The highest BCUT2D eigenvalue weighted by molar-refractivity contribution is 14.0. The van der Waals surface area contributed by atoms with Crippen LogP contribution in [0.1, 0.15) is 27.7 Å². The van der Waals surface area contributed by atoms with E-state index in [0.29, 0.717) is 12.5 Å². The minimum absolute atomic E-state index is 0. The molecule has 1 unspecified atom stereocenters. The van der Waals surface area contributed by atoms with Gasteiger partial charge in [0.25, 0.3) is 0 Å². The second-order valence-corrected chi connectivity index (χ2v) is 9.17. The molecule has 0 fully saturated rings. The van der Waals surface area contributed by atoms with E-state index < -0.39 is 15.9 Å². The van der Waals surface area contributed by atoms with Gasteiger partial charge in [-0.05, 0) is 39.1 Å². The average Bonchev–Trinajstić information content (AvgIpc) is 2.88. The fourth-order valence-corrected chi connectivity index (χ4v) is 4.16. The molecule has 0 radical (unpaired) electrons. The van der Waals surface area contributed by atoms with Gasteiger partial charge in [-0.25, -0.2) is 8.42 Å². The van der Waals surface area contributed by atoms with Crippen LogP contribution in [0.5, 0.6) is 0 Å². The van der Waals surface area contributed by atoms with Gasteiger partial charge in [0, 0.05) is 12.1 Å². The number of guanidine groups is 1. The van der Waals surface area contributed by atoms with E-state index in [1.807, 2.05) is 27.7 Å². The van der Waals surface area contributed by atoms with Gasteiger partial charge in [0.1, 0.15) is 4.21 Å². The first-order valence-corrected chi connectivity index (χ1v) is 9.68. The van der Waals surface area contributed by atoms with Crippen molar-refractivity contribution in [2.45, 2.75) is 43.5 Å². The van der Waals surface area contributed by atoms with Crippen molar-refractivity contribution in [2.75, 3.05) is 18.8 Å². The minimum Gasteiger partial charge on any atom is -0.390 e. The number of aliphatic imine (C=N–C) groups is 1. The van der Waals surface area contributed by atoms with E-state index in [2.05, 4.69) is 15.6 Å². The summed E-state index contributed by atoms with van der Waals surface area (Å²) in [7, 11) is -3.45. The van der Waals surface area contributed by atoms with Crippen molar-refractivity contribution < 1.29 is 13.5 Å². The Labute approximate surface area is 159 Å². The fraction of sp³-hybridized carbons (Fsp3) is 0.643. The molecule has 0 spiro atoms. The Bertz CT molecular complexity index is 581. The van der Waals surface area contributed by atoms with Crippen LogP contribution in [0, 0.1) is 0 Å². The number of nitrogens with zero attached hydrogens (tertiary/aromatic N) is 1. The van der Waals surface area contributed by atoms with Gasteiger partial charge in [-0.3, -0.25) is 4.99 Å². The molecule has 9 heteroatoms. The Morgan fingerprint density at radius 1 is 1.43 bits per heavy atom. The van der Waals surface area contributed by atoms with Crippen molar-refractivity contribution in [1.29, 1.82) is 0 Å². The smallest absolute Gasteiger partial charge is 0.191 e. The summed E-state index contributed by atoms with van der Waals surface area (Å²) < 4.78 is 24.4. The van der Waals surface area contributed by atoms with E-state index in [1.54, 1.807) is 17.5 Å². The first kappa shape index (κ1) is 22.6. The zero-order valence-corrected chi connectivity index (χ0v) is 17.8. The van der Waals surface area contributed by atoms with Crippen LogP contribution in [0.3, 0.4) is 0 Å². The summed E-state index contributed by atoms with van der Waals surface area (Å²) in [6, 6.07) is 3.22. The molecule has 0 saturated heterocycles. The third kappa shape index (κ3) is 8.87. The summed E-state index contributed by atoms with van der Waals surface area (Å²) in [5, 5.41) is 17.9. The Kier molecular flexibility index (Phi) is 9.63. The monoisotopic (exact) mass is 475 g/mol. The molecule has 0 saturated carbocycles. The lowest BCUT2D eigenvalue weighted by Gasteiger charge is -2.24. The topological polar surface area (TPSA) is 90.8 Å². The molecule has 0 bridgehead atoms. The van der Waals surface area contributed by atoms with Gasteiger partial charge in [0.2, 0.25) is 0 Å². The maximum absolute atomic E-state index is 12.1. The molecule has 0 aliphatic heterocycles. The number of rotatable bonds is 6. The summed E-state index contributed by atoms with van der Waals surface area (Å²) in [4.78, 5) is 4.25. The number of halogens is 1. The first-order valence-electron chi connectivity index (χ1n) is 7.15. The molecule has 0 amide bonds. The minimum atomic E-state index is -3.45. The highest BCUT2D eigenvalue weighted by Gasteiger charge is 2.21. The number of aliphatic hydroxyl groups is 1. The zero-order chi connectivity index (χ0) is 16.8. The molecule has 0 aromatic carbocycles. The molecule has 0 aliphatic rings. The standard InChI is InChI=1S/C14H25N3O3S2.HI/c1-5-15-13(17-14(2,3)4)16-9-11(18)10-22(19,20)12-7-6-8-21-12;/h6-8,11,18H,5,9-10H2,1-4H3,(H2,15,16,17);1H. The Morgan fingerprint density at radius 2 is 2.09 bits per heavy atom. The van der Waals surface area contributed by atoms with Crippen molar-refractivity contribution in [1.82, 2.24) is 10.6 Å². The van der Waals surface area contributed by atoms with E-state index >= 15 is 0 Å². The number of aliphatic hydroxyl groups excluding tert-OH is 1. The van der Waals surface area contributed by atoms with E-state index in [1.165, 1.54) is 0 Å². The predicted molar refractivity (Wildman–Crippen MR) is 107 cm³/mol. The van der Waals surface area contributed by atoms with Gasteiger partial charge in [0.15, 0.2) is 15.8 Å². The number of hydrogen-bond donors (Lipinski definition) is 3. The Balaban J connectivity index is 0.00000484. The van der Waals surface area contributed by atoms with Crippen LogP contribution in [-0.2, 0) is 9.84 Å². The lowest BCUT2D eigenvalue weighted by Crippen LogP contribution is -2.48. The second kappa shape index (κ2) is 9.80. The van der Waals surface area contributed by atoms with Crippen LogP contribution in [0.2, 0.25) is 0 Å². The molecule has 0 aliphatic carbocycles. The molecule has 1 heterocycles. The highest BCUT2D eigenvalue weighted by Crippen LogP contribution is 2.18. The molecule has 1 rings (SSSR count). The largest absolute Gasteiger partial charge is 0.390 e. The quantitative estimate of drug-likeness (QED) is 0.332. The van der Waals surface area contributed by atoms with Crippen LogP contribution in [0.25, 0.3) is 0 Å². The van der Waals surface area contributed by atoms with Crippen LogP contribution in [-0.4, -0.2) is 50.0 Å². The van der Waals surface area contributed by atoms with E-state index in [0.717, 1.165) is 11.3 Å². The molecule has 1 atom stereocenters. The van der Waals surface area contributed by atoms with E-state index in [9.17, 15) is 13.5 Å². The molecule has 6 nitrogen and oxygen atoms in total. The lowest BCUT2D eigenvalue weighted by atomic mass is 10.1. The molecular formula is C14H26IN3O3S2. The fourth-order valence-electron chi connectivity index (χ4n) is 1.69. The number of sulfone groups is 1. The van der Waals surface area contributed by atoms with Gasteiger partial charge < -0.3 is 15.7 Å². The van der Waals surface area contributed by atoms with Gasteiger partial charge in [-0.2, -0.15) is 0 Å². The third-order valence-electron chi connectivity index (χ3n) is 2.51. The third-order valence-corrected chi connectivity index (χ3v) is 5.80. The van der Waals surface area contributed by atoms with Gasteiger partial charge in [-0.15, -0.1) is 35.3 Å². The summed E-state index contributed by atoms with van der Waals surface area (Å²) in [6.07, 6.45) is -1.04. The average molecular weight is 475 g/mol. The Morgan fingerprint density at radius 3 is 2.57 bits per heavy atom. The van der Waals surface area contributed by atoms with Crippen molar-refractivity contribution in [3.05, 3.63) is 17.5 Å². The second-order valence-electron chi connectivity index (χ2n) is 5.96. The van der Waals surface area contributed by atoms with Gasteiger partial charge in [-0.1, -0.05) is 6.07 Å².